The van der Waals surface area contributed by atoms with E-state index in [1.165, 1.54) is 17.5 Å². The molecule has 4 N–H and O–H groups in total. The van der Waals surface area contributed by atoms with Crippen molar-refractivity contribution in [2.75, 3.05) is 30.4 Å². The van der Waals surface area contributed by atoms with E-state index in [-0.39, 0.29) is 30.5 Å². The number of carbonyl (C=O) groups is 1. The van der Waals surface area contributed by atoms with Gasteiger partial charge in [-0.05, 0) is 32.4 Å². The van der Waals surface area contributed by atoms with E-state index in [0.29, 0.717) is 30.4 Å². The van der Waals surface area contributed by atoms with Crippen molar-refractivity contribution in [1.82, 2.24) is 20.3 Å². The lowest BCUT2D eigenvalue weighted by atomic mass is 9.93. The quantitative estimate of drug-likeness (QED) is 0.380. The number of fused-ring (bicyclic) bond motifs is 1. The van der Waals surface area contributed by atoms with Gasteiger partial charge in [-0.25, -0.2) is 19.3 Å². The molecule has 1 amide bonds. The van der Waals surface area contributed by atoms with E-state index < -0.39 is 17.8 Å². The van der Waals surface area contributed by atoms with Gasteiger partial charge in [0.15, 0.2) is 0 Å². The number of nitrogens with one attached hydrogen (secondary N) is 3. The number of nitrogens with zero attached hydrogens (tertiary/aromatic N) is 3. The lowest BCUT2D eigenvalue weighted by molar-refractivity contribution is 0.0252. The summed E-state index contributed by atoms with van der Waals surface area (Å²) in [5.41, 5.74) is 2.36. The van der Waals surface area contributed by atoms with Crippen LogP contribution in [0.2, 0.25) is 0 Å². The zero-order chi connectivity index (χ0) is 24.3. The Morgan fingerprint density at radius 1 is 1.35 bits per heavy atom. The fraction of sp³-hybridized carbons (Fsp3) is 0.478. The van der Waals surface area contributed by atoms with Gasteiger partial charge in [0.25, 0.3) is 5.91 Å². The van der Waals surface area contributed by atoms with Gasteiger partial charge in [0.2, 0.25) is 0 Å². The van der Waals surface area contributed by atoms with Gasteiger partial charge in [-0.1, -0.05) is 6.92 Å². The molecule has 0 spiro atoms. The Morgan fingerprint density at radius 2 is 2.18 bits per heavy atom. The summed E-state index contributed by atoms with van der Waals surface area (Å²) in [6, 6.07) is 4.85. The van der Waals surface area contributed by atoms with Crippen molar-refractivity contribution in [3.63, 3.8) is 0 Å². The first-order valence-corrected chi connectivity index (χ1v) is 12.0. The van der Waals surface area contributed by atoms with E-state index in [9.17, 15) is 14.3 Å². The number of hydrogen-bond acceptors (Lipinski definition) is 9. The second kappa shape index (κ2) is 10.2. The number of carbonyl (C=O) groups excluding carboxylic acids is 1. The number of hydrogen-bond donors (Lipinski definition) is 4. The smallest absolute Gasteiger partial charge is 0.254 e. The van der Waals surface area contributed by atoms with Gasteiger partial charge in [-0.15, -0.1) is 11.3 Å². The molecule has 182 valence electrons. The zero-order valence-corrected chi connectivity index (χ0v) is 20.2. The van der Waals surface area contributed by atoms with Crippen LogP contribution < -0.4 is 16.0 Å². The van der Waals surface area contributed by atoms with Crippen LogP contribution in [0.3, 0.4) is 0 Å². The lowest BCUT2D eigenvalue weighted by Gasteiger charge is -2.29. The van der Waals surface area contributed by atoms with E-state index in [4.69, 9.17) is 4.74 Å². The molecule has 0 aromatic carbocycles. The molecule has 34 heavy (non-hydrogen) atoms. The Kier molecular flexibility index (Phi) is 7.24. The Morgan fingerprint density at radius 3 is 2.94 bits per heavy atom. The van der Waals surface area contributed by atoms with Crippen molar-refractivity contribution in [1.29, 1.82) is 0 Å². The van der Waals surface area contributed by atoms with Gasteiger partial charge in [-0.2, -0.15) is 0 Å². The summed E-state index contributed by atoms with van der Waals surface area (Å²) in [5.74, 6) is 0.521. The molecule has 1 saturated heterocycles. The predicted molar refractivity (Wildman–Crippen MR) is 130 cm³/mol. The summed E-state index contributed by atoms with van der Waals surface area (Å²) in [6.07, 6.45) is 0.735. The molecule has 11 heteroatoms. The largest absolute Gasteiger partial charge is 0.390 e. The SMILES string of the molecule is C[C@H](CNC(=O)c1cnc(Nc2ccc3ncsc3n2)cc1NC1CCOCC1F)C(C)(C)O. The molecular formula is C23H29FN6O3S. The van der Waals surface area contributed by atoms with Gasteiger partial charge in [0.1, 0.15) is 28.2 Å². The Bertz CT molecular complexity index is 1150. The number of thiazole rings is 1. The van der Waals surface area contributed by atoms with Gasteiger partial charge in [-0.3, -0.25) is 4.79 Å². The second-order valence-corrected chi connectivity index (χ2v) is 9.84. The number of anilines is 3. The highest BCUT2D eigenvalue weighted by atomic mass is 32.1. The molecule has 3 aromatic heterocycles. The van der Waals surface area contributed by atoms with Crippen molar-refractivity contribution < 1.29 is 19.0 Å². The maximum atomic E-state index is 14.5. The van der Waals surface area contributed by atoms with Crippen LogP contribution >= 0.6 is 11.3 Å². The minimum absolute atomic E-state index is 0.0112. The first-order chi connectivity index (χ1) is 16.2. The standard InChI is InChI=1S/C23H29FN6O3S/c1-13(23(2,3)32)9-26-21(31)14-10-25-20(8-18(14)28-16-6-7-33-11-15(16)24)29-19-5-4-17-22(30-19)34-12-27-17/h4-5,8,10,12-13,15-16,32H,6-7,9,11H2,1-3H3,(H,26,31)(H2,25,28,29,30)/t13-,15?,16?/m1/s1. The third-order valence-corrected chi connectivity index (χ3v) is 6.74. The van der Waals surface area contributed by atoms with Crippen LogP contribution in [0, 0.1) is 5.92 Å². The van der Waals surface area contributed by atoms with Crippen molar-refractivity contribution >= 4 is 44.9 Å². The molecule has 1 fully saturated rings. The number of rotatable bonds is 8. The predicted octanol–water partition coefficient (Wildman–Crippen LogP) is 3.51. The molecule has 0 aliphatic carbocycles. The highest BCUT2D eigenvalue weighted by Gasteiger charge is 2.28. The van der Waals surface area contributed by atoms with Crippen LogP contribution in [-0.2, 0) is 4.74 Å². The molecular weight excluding hydrogens is 459 g/mol. The minimum atomic E-state index is -1.19. The van der Waals surface area contributed by atoms with Crippen molar-refractivity contribution in [2.24, 2.45) is 5.92 Å². The zero-order valence-electron chi connectivity index (χ0n) is 19.3. The number of aliphatic hydroxyl groups is 1. The van der Waals surface area contributed by atoms with Gasteiger partial charge < -0.3 is 25.8 Å². The number of amides is 1. The Balaban J connectivity index is 1.57. The summed E-state index contributed by atoms with van der Waals surface area (Å²) in [4.78, 5) is 26.9. The van der Waals surface area contributed by atoms with Crippen LogP contribution in [0.1, 0.15) is 37.6 Å². The second-order valence-electron chi connectivity index (χ2n) is 9.01. The van der Waals surface area contributed by atoms with E-state index in [1.54, 1.807) is 31.5 Å². The molecule has 2 unspecified atom stereocenters. The molecule has 0 radical (unpaired) electrons. The lowest BCUT2D eigenvalue weighted by Crippen LogP contribution is -2.41. The first kappa shape index (κ1) is 24.2. The normalized spacial score (nSPS) is 19.6. The van der Waals surface area contributed by atoms with Crippen molar-refractivity contribution in [3.05, 3.63) is 35.5 Å². The fourth-order valence-electron chi connectivity index (χ4n) is 3.43. The van der Waals surface area contributed by atoms with Crippen molar-refractivity contribution in [2.45, 2.75) is 45.0 Å². The average molecular weight is 489 g/mol. The molecule has 4 heterocycles. The van der Waals surface area contributed by atoms with E-state index >= 15 is 0 Å². The topological polar surface area (TPSA) is 121 Å². The summed E-state index contributed by atoms with van der Waals surface area (Å²) in [5, 5.41) is 19.3. The Hall–Kier alpha value is -2.89. The summed E-state index contributed by atoms with van der Waals surface area (Å²) >= 11 is 1.44. The highest BCUT2D eigenvalue weighted by Crippen LogP contribution is 2.26. The van der Waals surface area contributed by atoms with Gasteiger partial charge in [0, 0.05) is 31.3 Å². The number of halogens is 1. The average Bonchev–Trinajstić information content (AvgIpc) is 3.26. The molecule has 9 nitrogen and oxygen atoms in total. The van der Waals surface area contributed by atoms with Crippen LogP contribution in [-0.4, -0.2) is 63.5 Å². The van der Waals surface area contributed by atoms with E-state index in [1.807, 2.05) is 13.0 Å². The highest BCUT2D eigenvalue weighted by molar-refractivity contribution is 7.16. The third-order valence-electron chi connectivity index (χ3n) is 6.00. The number of alkyl halides is 1. The summed E-state index contributed by atoms with van der Waals surface area (Å²) in [7, 11) is 0. The molecule has 1 aliphatic heterocycles. The number of ether oxygens (including phenoxy) is 1. The molecule has 3 aromatic rings. The molecule has 0 saturated carbocycles. The van der Waals surface area contributed by atoms with Gasteiger partial charge in [0.05, 0.1) is 35.0 Å². The first-order valence-electron chi connectivity index (χ1n) is 11.2. The van der Waals surface area contributed by atoms with Crippen LogP contribution in [0.25, 0.3) is 10.3 Å². The molecule has 0 bridgehead atoms. The van der Waals surface area contributed by atoms with Crippen LogP contribution in [0.15, 0.2) is 29.9 Å². The summed E-state index contributed by atoms with van der Waals surface area (Å²) < 4.78 is 19.7. The van der Waals surface area contributed by atoms with Crippen LogP contribution in [0.5, 0.6) is 0 Å². The fourth-order valence-corrected chi connectivity index (χ4v) is 4.09. The van der Waals surface area contributed by atoms with Gasteiger partial charge >= 0.3 is 0 Å². The maximum Gasteiger partial charge on any atom is 0.254 e. The Labute approximate surface area is 201 Å². The minimum Gasteiger partial charge on any atom is -0.390 e. The van der Waals surface area contributed by atoms with E-state index in [2.05, 4.69) is 30.9 Å². The number of pyridine rings is 2. The molecule has 1 aliphatic rings. The third kappa shape index (κ3) is 5.78. The molecule has 4 rings (SSSR count). The summed E-state index contributed by atoms with van der Waals surface area (Å²) in [6.45, 7) is 5.98. The maximum absolute atomic E-state index is 14.5. The number of aromatic nitrogens is 3. The monoisotopic (exact) mass is 488 g/mol. The van der Waals surface area contributed by atoms with Crippen LogP contribution in [0.4, 0.5) is 21.7 Å². The van der Waals surface area contributed by atoms with Crippen molar-refractivity contribution in [3.8, 4) is 0 Å². The van der Waals surface area contributed by atoms with E-state index in [0.717, 1.165) is 10.3 Å². The molecule has 3 atom stereocenters.